The van der Waals surface area contributed by atoms with Crippen LogP contribution in [0, 0.1) is 0 Å². The first-order valence-corrected chi connectivity index (χ1v) is 6.47. The van der Waals surface area contributed by atoms with Crippen LogP contribution in [0.5, 0.6) is 0 Å². The van der Waals surface area contributed by atoms with Gasteiger partial charge in [0.05, 0.1) is 6.54 Å². The minimum Gasteiger partial charge on any atom is -0.445 e. The van der Waals surface area contributed by atoms with Crippen molar-refractivity contribution in [1.82, 2.24) is 10.2 Å². The van der Waals surface area contributed by atoms with E-state index >= 15 is 0 Å². The van der Waals surface area contributed by atoms with Crippen LogP contribution in [0.15, 0.2) is 30.3 Å². The highest BCUT2D eigenvalue weighted by atomic mass is 35.5. The summed E-state index contributed by atoms with van der Waals surface area (Å²) in [6, 6.07) is 9.29. The lowest BCUT2D eigenvalue weighted by atomic mass is 10.0. The first kappa shape index (κ1) is 16.7. The van der Waals surface area contributed by atoms with Crippen molar-refractivity contribution in [2.75, 3.05) is 20.1 Å². The molecule has 6 heteroatoms. The summed E-state index contributed by atoms with van der Waals surface area (Å²) in [6.45, 7) is 0.848. The molecule has 0 spiro atoms. The standard InChI is InChI=1S/C14H19FN2O2.ClH/c1-16-13-7-8-17(9-12(13)15)14(18)19-10-11-5-3-2-4-6-11;/h2-6,12-13,16H,7-10H2,1H3;1H/t12-,13-;/m1./s1. The number of hydrogen-bond acceptors (Lipinski definition) is 3. The number of amides is 1. The van der Waals surface area contributed by atoms with Gasteiger partial charge in [0.2, 0.25) is 0 Å². The molecule has 1 aromatic carbocycles. The summed E-state index contributed by atoms with van der Waals surface area (Å²) in [5.41, 5.74) is 0.928. The van der Waals surface area contributed by atoms with Gasteiger partial charge >= 0.3 is 6.09 Å². The van der Waals surface area contributed by atoms with Crippen molar-refractivity contribution in [2.45, 2.75) is 25.2 Å². The predicted molar refractivity (Wildman–Crippen MR) is 77.8 cm³/mol. The molecular formula is C14H20ClFN2O2. The summed E-state index contributed by atoms with van der Waals surface area (Å²) in [4.78, 5) is 13.3. The van der Waals surface area contributed by atoms with Crippen LogP contribution in [-0.2, 0) is 11.3 Å². The fourth-order valence-electron chi connectivity index (χ4n) is 2.21. The quantitative estimate of drug-likeness (QED) is 0.932. The number of nitrogens with one attached hydrogen (secondary N) is 1. The highest BCUT2D eigenvalue weighted by Crippen LogP contribution is 2.15. The number of carbonyl (C=O) groups is 1. The van der Waals surface area contributed by atoms with E-state index in [9.17, 15) is 9.18 Å². The van der Waals surface area contributed by atoms with Crippen LogP contribution in [0.3, 0.4) is 0 Å². The van der Waals surface area contributed by atoms with E-state index in [1.54, 1.807) is 7.05 Å². The van der Waals surface area contributed by atoms with Crippen LogP contribution < -0.4 is 5.32 Å². The fourth-order valence-corrected chi connectivity index (χ4v) is 2.21. The van der Waals surface area contributed by atoms with Crippen molar-refractivity contribution in [1.29, 1.82) is 0 Å². The molecule has 0 bridgehead atoms. The second kappa shape index (κ2) is 8.07. The monoisotopic (exact) mass is 302 g/mol. The lowest BCUT2D eigenvalue weighted by Gasteiger charge is -2.33. The average molecular weight is 303 g/mol. The van der Waals surface area contributed by atoms with Crippen molar-refractivity contribution in [3.05, 3.63) is 35.9 Å². The molecule has 0 radical (unpaired) electrons. The third-order valence-electron chi connectivity index (χ3n) is 3.38. The zero-order chi connectivity index (χ0) is 13.7. The Hall–Kier alpha value is -1.33. The molecule has 1 aromatic rings. The average Bonchev–Trinajstić information content (AvgIpc) is 2.45. The maximum absolute atomic E-state index is 13.7. The molecule has 0 aromatic heterocycles. The molecular weight excluding hydrogens is 283 g/mol. The van der Waals surface area contributed by atoms with E-state index in [1.165, 1.54) is 4.90 Å². The number of rotatable bonds is 3. The van der Waals surface area contributed by atoms with E-state index in [2.05, 4.69) is 5.32 Å². The second-order valence-electron chi connectivity index (χ2n) is 4.69. The van der Waals surface area contributed by atoms with Gasteiger partial charge in [0.1, 0.15) is 12.8 Å². The molecule has 1 saturated heterocycles. The molecule has 1 heterocycles. The van der Waals surface area contributed by atoms with Crippen molar-refractivity contribution in [2.24, 2.45) is 0 Å². The normalized spacial score (nSPS) is 22.0. The van der Waals surface area contributed by atoms with Crippen LogP contribution in [0.25, 0.3) is 0 Å². The summed E-state index contributed by atoms with van der Waals surface area (Å²) in [6.07, 6.45) is -0.873. The molecule has 2 rings (SSSR count). The van der Waals surface area contributed by atoms with Gasteiger partial charge in [-0.1, -0.05) is 30.3 Å². The molecule has 20 heavy (non-hydrogen) atoms. The number of ether oxygens (including phenoxy) is 1. The van der Waals surface area contributed by atoms with Crippen molar-refractivity contribution in [3.8, 4) is 0 Å². The second-order valence-corrected chi connectivity index (χ2v) is 4.69. The van der Waals surface area contributed by atoms with Gasteiger partial charge < -0.3 is 15.0 Å². The molecule has 0 aliphatic carbocycles. The Kier molecular flexibility index (Phi) is 6.75. The first-order valence-electron chi connectivity index (χ1n) is 6.47. The Labute approximate surface area is 124 Å². The molecule has 1 aliphatic heterocycles. The van der Waals surface area contributed by atoms with Crippen LogP contribution in [-0.4, -0.2) is 43.3 Å². The SMILES string of the molecule is CN[C@@H]1CCN(C(=O)OCc2ccccc2)C[C@H]1F.Cl. The summed E-state index contributed by atoms with van der Waals surface area (Å²) in [5, 5.41) is 2.92. The van der Waals surface area contributed by atoms with Gasteiger partial charge in [-0.2, -0.15) is 0 Å². The van der Waals surface area contributed by atoms with Gasteiger partial charge in [-0.05, 0) is 19.0 Å². The Balaban J connectivity index is 0.00000200. The van der Waals surface area contributed by atoms with Gasteiger partial charge in [-0.25, -0.2) is 9.18 Å². The zero-order valence-electron chi connectivity index (χ0n) is 11.4. The van der Waals surface area contributed by atoms with Gasteiger partial charge in [0, 0.05) is 12.6 Å². The fraction of sp³-hybridized carbons (Fsp3) is 0.500. The minimum absolute atomic E-state index is 0. The number of hydrogen-bond donors (Lipinski definition) is 1. The minimum atomic E-state index is -1.04. The van der Waals surface area contributed by atoms with Gasteiger partial charge in [-0.15, -0.1) is 12.4 Å². The molecule has 2 atom stereocenters. The number of piperidine rings is 1. The van der Waals surface area contributed by atoms with Crippen LogP contribution in [0.2, 0.25) is 0 Å². The number of halogens is 2. The van der Waals surface area contributed by atoms with Crippen LogP contribution in [0.4, 0.5) is 9.18 Å². The highest BCUT2D eigenvalue weighted by Gasteiger charge is 2.31. The third kappa shape index (κ3) is 4.35. The Morgan fingerprint density at radius 3 is 2.75 bits per heavy atom. The smallest absolute Gasteiger partial charge is 0.410 e. The van der Waals surface area contributed by atoms with E-state index in [4.69, 9.17) is 4.74 Å². The number of carbonyl (C=O) groups excluding carboxylic acids is 1. The van der Waals surface area contributed by atoms with E-state index in [1.807, 2.05) is 30.3 Å². The summed E-state index contributed by atoms with van der Waals surface area (Å²) in [5.74, 6) is 0. The van der Waals surface area contributed by atoms with E-state index < -0.39 is 12.3 Å². The van der Waals surface area contributed by atoms with Gasteiger partial charge in [0.25, 0.3) is 0 Å². The molecule has 0 saturated carbocycles. The maximum atomic E-state index is 13.7. The molecule has 112 valence electrons. The molecule has 0 unspecified atom stereocenters. The molecule has 1 N–H and O–H groups in total. The molecule has 1 aliphatic rings. The summed E-state index contributed by atoms with van der Waals surface area (Å²) in [7, 11) is 1.74. The van der Waals surface area contributed by atoms with Gasteiger partial charge in [0.15, 0.2) is 0 Å². The Bertz CT molecular complexity index is 419. The number of benzene rings is 1. The van der Waals surface area contributed by atoms with Crippen molar-refractivity contribution in [3.63, 3.8) is 0 Å². The molecule has 1 fully saturated rings. The zero-order valence-corrected chi connectivity index (χ0v) is 12.2. The number of nitrogens with zero attached hydrogens (tertiary/aromatic N) is 1. The summed E-state index contributed by atoms with van der Waals surface area (Å²) < 4.78 is 18.9. The third-order valence-corrected chi connectivity index (χ3v) is 3.38. The lowest BCUT2D eigenvalue weighted by Crippen LogP contribution is -2.51. The maximum Gasteiger partial charge on any atom is 0.410 e. The first-order chi connectivity index (χ1) is 9.20. The number of alkyl halides is 1. The topological polar surface area (TPSA) is 41.6 Å². The van der Waals surface area contributed by atoms with Gasteiger partial charge in [-0.3, -0.25) is 0 Å². The lowest BCUT2D eigenvalue weighted by molar-refractivity contribution is 0.0617. The van der Waals surface area contributed by atoms with Crippen LogP contribution >= 0.6 is 12.4 Å². The van der Waals surface area contributed by atoms with E-state index in [0.29, 0.717) is 13.0 Å². The van der Waals surface area contributed by atoms with E-state index in [0.717, 1.165) is 5.56 Å². The Morgan fingerprint density at radius 1 is 1.45 bits per heavy atom. The van der Waals surface area contributed by atoms with Crippen molar-refractivity contribution >= 4 is 18.5 Å². The number of likely N-dealkylation sites (tertiary alicyclic amines) is 1. The van der Waals surface area contributed by atoms with Crippen molar-refractivity contribution < 1.29 is 13.9 Å². The Morgan fingerprint density at radius 2 is 2.15 bits per heavy atom. The predicted octanol–water partition coefficient (Wildman–Crippen LogP) is 2.38. The van der Waals surface area contributed by atoms with Crippen LogP contribution in [0.1, 0.15) is 12.0 Å². The largest absolute Gasteiger partial charge is 0.445 e. The molecule has 4 nitrogen and oxygen atoms in total. The highest BCUT2D eigenvalue weighted by molar-refractivity contribution is 5.85. The molecule has 1 amide bonds. The summed E-state index contributed by atoms with van der Waals surface area (Å²) >= 11 is 0. The van der Waals surface area contributed by atoms with E-state index in [-0.39, 0.29) is 31.6 Å².